The molecule has 0 aliphatic carbocycles. The van der Waals surface area contributed by atoms with E-state index in [-0.39, 0.29) is 24.0 Å². The highest BCUT2D eigenvalue weighted by Gasteiger charge is 2.10. The van der Waals surface area contributed by atoms with Crippen molar-refractivity contribution in [1.82, 2.24) is 25.0 Å². The summed E-state index contributed by atoms with van der Waals surface area (Å²) in [7, 11) is 8.00. The Morgan fingerprint density at radius 1 is 1.21 bits per heavy atom. The maximum Gasteiger partial charge on any atom is 0.194 e. The Morgan fingerprint density at radius 2 is 1.97 bits per heavy atom. The van der Waals surface area contributed by atoms with Gasteiger partial charge in [-0.25, -0.2) is 9.98 Å². The molecule has 0 aliphatic heterocycles. The first-order valence-electron chi connectivity index (χ1n) is 9.51. The smallest absolute Gasteiger partial charge is 0.194 e. The van der Waals surface area contributed by atoms with Gasteiger partial charge in [0.05, 0.1) is 18.3 Å². The molecule has 0 amide bonds. The van der Waals surface area contributed by atoms with Gasteiger partial charge in [0.2, 0.25) is 0 Å². The third kappa shape index (κ3) is 5.81. The van der Waals surface area contributed by atoms with Gasteiger partial charge in [0.15, 0.2) is 5.96 Å². The minimum atomic E-state index is 0. The number of benzene rings is 1. The van der Waals surface area contributed by atoms with Crippen molar-refractivity contribution in [2.75, 3.05) is 32.6 Å². The highest BCUT2D eigenvalue weighted by molar-refractivity contribution is 14.0. The summed E-state index contributed by atoms with van der Waals surface area (Å²) in [4.78, 5) is 13.8. The van der Waals surface area contributed by atoms with Gasteiger partial charge in [-0.1, -0.05) is 18.2 Å². The molecule has 0 fully saturated rings. The van der Waals surface area contributed by atoms with Crippen molar-refractivity contribution in [3.63, 3.8) is 0 Å². The molecule has 0 aliphatic rings. The number of rotatable bonds is 6. The molecule has 0 bridgehead atoms. The number of hydrogen-bond acceptors (Lipinski definition) is 4. The van der Waals surface area contributed by atoms with Crippen molar-refractivity contribution < 1.29 is 0 Å². The first kappa shape index (κ1) is 22.9. The topological polar surface area (TPSA) is 61.6 Å². The molecule has 3 rings (SSSR count). The second kappa shape index (κ2) is 10.4. The maximum atomic E-state index is 4.90. The van der Waals surface area contributed by atoms with E-state index in [1.807, 2.05) is 62.3 Å². The minimum Gasteiger partial charge on any atom is -0.363 e. The number of nitrogens with one attached hydrogen (secondary N) is 1. The number of aliphatic imine (C=N–C) groups is 1. The number of anilines is 1. The van der Waals surface area contributed by atoms with Crippen LogP contribution in [0.5, 0.6) is 0 Å². The van der Waals surface area contributed by atoms with Crippen LogP contribution in [0.2, 0.25) is 0 Å². The molecule has 0 radical (unpaired) electrons. The summed E-state index contributed by atoms with van der Waals surface area (Å²) >= 11 is 0. The summed E-state index contributed by atoms with van der Waals surface area (Å²) < 4.78 is 1.82. The van der Waals surface area contributed by atoms with E-state index in [0.29, 0.717) is 6.54 Å². The number of pyridine rings is 1. The van der Waals surface area contributed by atoms with Crippen molar-refractivity contribution >= 4 is 46.7 Å². The summed E-state index contributed by atoms with van der Waals surface area (Å²) in [5.41, 5.74) is 3.31. The lowest BCUT2D eigenvalue weighted by atomic mass is 10.1. The highest BCUT2D eigenvalue weighted by atomic mass is 127. The molecule has 1 N–H and O–H groups in total. The SMILES string of the molecule is CCNC(=NCc1cc(N(C)C)nc2ccccc12)N(C)Cc1cnn(C)c1.I. The molecular weight excluding hydrogens is 477 g/mol. The molecule has 0 unspecified atom stereocenters. The summed E-state index contributed by atoms with van der Waals surface area (Å²) in [6, 6.07) is 10.4. The molecule has 0 saturated heterocycles. The third-order valence-corrected chi connectivity index (χ3v) is 4.52. The van der Waals surface area contributed by atoms with Crippen LogP contribution in [0, 0.1) is 0 Å². The van der Waals surface area contributed by atoms with E-state index < -0.39 is 0 Å². The second-order valence-corrected chi connectivity index (χ2v) is 7.10. The fourth-order valence-corrected chi connectivity index (χ4v) is 3.12. The number of halogens is 1. The summed E-state index contributed by atoms with van der Waals surface area (Å²) in [5, 5.41) is 8.78. The predicted molar refractivity (Wildman–Crippen MR) is 131 cm³/mol. The zero-order valence-electron chi connectivity index (χ0n) is 17.8. The maximum absolute atomic E-state index is 4.90. The van der Waals surface area contributed by atoms with Crippen LogP contribution in [-0.2, 0) is 20.1 Å². The van der Waals surface area contributed by atoms with Gasteiger partial charge in [0, 0.05) is 58.4 Å². The lowest BCUT2D eigenvalue weighted by Crippen LogP contribution is -2.38. The van der Waals surface area contributed by atoms with Crippen molar-refractivity contribution in [3.05, 3.63) is 53.9 Å². The standard InChI is InChI=1S/C21H29N7.HI/c1-6-22-21(27(4)14-16-12-24-28(5)15-16)23-13-17-11-20(26(2)3)25-19-10-8-7-9-18(17)19;/h7-12,15H,6,13-14H2,1-5H3,(H,22,23);1H. The van der Waals surface area contributed by atoms with Crippen LogP contribution in [0.4, 0.5) is 5.82 Å². The fraction of sp³-hybridized carbons (Fsp3) is 0.381. The molecule has 0 saturated carbocycles. The number of nitrogens with zero attached hydrogens (tertiary/aromatic N) is 6. The van der Waals surface area contributed by atoms with E-state index in [9.17, 15) is 0 Å². The zero-order valence-corrected chi connectivity index (χ0v) is 20.1. The molecule has 0 atom stereocenters. The van der Waals surface area contributed by atoms with Gasteiger partial charge < -0.3 is 15.1 Å². The van der Waals surface area contributed by atoms with E-state index in [0.717, 1.165) is 41.3 Å². The molecule has 2 aromatic heterocycles. The second-order valence-electron chi connectivity index (χ2n) is 7.10. The van der Waals surface area contributed by atoms with E-state index in [1.54, 1.807) is 0 Å². The van der Waals surface area contributed by atoms with Crippen LogP contribution in [0.3, 0.4) is 0 Å². The van der Waals surface area contributed by atoms with Crippen molar-refractivity contribution in [2.24, 2.45) is 12.0 Å². The van der Waals surface area contributed by atoms with Crippen LogP contribution in [0.15, 0.2) is 47.7 Å². The molecule has 156 valence electrons. The number of hydrogen-bond donors (Lipinski definition) is 1. The Kier molecular flexibility index (Phi) is 8.24. The Morgan fingerprint density at radius 3 is 2.62 bits per heavy atom. The molecule has 8 heteroatoms. The quantitative estimate of drug-likeness (QED) is 0.316. The Hall–Kier alpha value is -2.36. The molecule has 29 heavy (non-hydrogen) atoms. The number of aromatic nitrogens is 3. The summed E-state index contributed by atoms with van der Waals surface area (Å²) in [5.74, 6) is 1.82. The van der Waals surface area contributed by atoms with E-state index in [4.69, 9.17) is 9.98 Å². The van der Waals surface area contributed by atoms with Gasteiger partial charge in [0.25, 0.3) is 0 Å². The molecular formula is C21H30IN7. The number of aryl methyl sites for hydroxylation is 1. The largest absolute Gasteiger partial charge is 0.363 e. The number of para-hydroxylation sites is 1. The average molecular weight is 507 g/mol. The van der Waals surface area contributed by atoms with Crippen LogP contribution >= 0.6 is 24.0 Å². The van der Waals surface area contributed by atoms with E-state index in [1.165, 1.54) is 5.56 Å². The van der Waals surface area contributed by atoms with Crippen molar-refractivity contribution in [3.8, 4) is 0 Å². The monoisotopic (exact) mass is 507 g/mol. The Labute approximate surface area is 189 Å². The fourth-order valence-electron chi connectivity index (χ4n) is 3.12. The zero-order chi connectivity index (χ0) is 20.1. The van der Waals surface area contributed by atoms with Crippen molar-refractivity contribution in [2.45, 2.75) is 20.0 Å². The molecule has 7 nitrogen and oxygen atoms in total. The Balaban J connectivity index is 0.00000300. The van der Waals surface area contributed by atoms with Crippen LogP contribution in [-0.4, -0.2) is 53.3 Å². The Bertz CT molecular complexity index is 965. The first-order chi connectivity index (χ1) is 13.5. The van der Waals surface area contributed by atoms with Gasteiger partial charge in [0.1, 0.15) is 5.82 Å². The molecule has 0 spiro atoms. The third-order valence-electron chi connectivity index (χ3n) is 4.52. The molecule has 1 aromatic carbocycles. The normalized spacial score (nSPS) is 11.3. The van der Waals surface area contributed by atoms with Gasteiger partial charge in [-0.3, -0.25) is 4.68 Å². The number of fused-ring (bicyclic) bond motifs is 1. The first-order valence-corrected chi connectivity index (χ1v) is 9.51. The average Bonchev–Trinajstić information content (AvgIpc) is 3.09. The van der Waals surface area contributed by atoms with Crippen LogP contribution in [0.25, 0.3) is 10.9 Å². The van der Waals surface area contributed by atoms with Gasteiger partial charge in [-0.15, -0.1) is 24.0 Å². The predicted octanol–water partition coefficient (Wildman–Crippen LogP) is 3.25. The summed E-state index contributed by atoms with van der Waals surface area (Å²) in [6.45, 7) is 4.24. The van der Waals surface area contributed by atoms with Crippen LogP contribution in [0.1, 0.15) is 18.1 Å². The van der Waals surface area contributed by atoms with Gasteiger partial charge in [-0.05, 0) is 24.6 Å². The highest BCUT2D eigenvalue weighted by Crippen LogP contribution is 2.22. The van der Waals surface area contributed by atoms with Crippen LogP contribution < -0.4 is 10.2 Å². The summed E-state index contributed by atoms with van der Waals surface area (Å²) in [6.07, 6.45) is 3.92. The number of guanidine groups is 1. The van der Waals surface area contributed by atoms with Gasteiger partial charge >= 0.3 is 0 Å². The van der Waals surface area contributed by atoms with E-state index >= 15 is 0 Å². The van der Waals surface area contributed by atoms with Crippen molar-refractivity contribution in [1.29, 1.82) is 0 Å². The molecule has 3 aromatic rings. The minimum absolute atomic E-state index is 0. The lowest BCUT2D eigenvalue weighted by molar-refractivity contribution is 0.476. The molecule has 2 heterocycles. The van der Waals surface area contributed by atoms with E-state index in [2.05, 4.69) is 40.4 Å². The van der Waals surface area contributed by atoms with Gasteiger partial charge in [-0.2, -0.15) is 5.10 Å². The lowest BCUT2D eigenvalue weighted by Gasteiger charge is -2.21.